The van der Waals surface area contributed by atoms with Crippen molar-refractivity contribution in [2.24, 2.45) is 0 Å². The molecule has 49 heavy (non-hydrogen) atoms. The van der Waals surface area contributed by atoms with E-state index >= 15 is 0 Å². The van der Waals surface area contributed by atoms with Gasteiger partial charge in [-0.2, -0.15) is 0 Å². The van der Waals surface area contributed by atoms with E-state index in [2.05, 4.69) is 56.7 Å². The Balaban J connectivity index is 1.03. The molecule has 2 saturated heterocycles. The van der Waals surface area contributed by atoms with Gasteiger partial charge in [-0.3, -0.25) is 14.4 Å². The average Bonchev–Trinajstić information content (AvgIpc) is 3.93. The van der Waals surface area contributed by atoms with Gasteiger partial charge in [-0.1, -0.05) is 60.7 Å². The number of Topliss-reactive ketones (excluding diaryl/α,β-unsaturated/α-hetero) is 1. The first-order valence-corrected chi connectivity index (χ1v) is 17.4. The van der Waals surface area contributed by atoms with Crippen molar-refractivity contribution in [3.05, 3.63) is 102 Å². The third-order valence-corrected chi connectivity index (χ3v) is 9.70. The van der Waals surface area contributed by atoms with Crippen LogP contribution in [-0.4, -0.2) is 62.7 Å². The van der Waals surface area contributed by atoms with Crippen LogP contribution in [0.5, 0.6) is 0 Å². The molecule has 2 aliphatic rings. The molecule has 0 spiro atoms. The minimum Gasteiger partial charge on any atom is -0.463 e. The number of hydrogen-bond acceptors (Lipinski definition) is 6. The quantitative estimate of drug-likeness (QED) is 0.133. The fourth-order valence-electron chi connectivity index (χ4n) is 7.25. The van der Waals surface area contributed by atoms with Gasteiger partial charge in [0.05, 0.1) is 42.4 Å². The van der Waals surface area contributed by atoms with E-state index in [4.69, 9.17) is 4.74 Å². The van der Waals surface area contributed by atoms with Gasteiger partial charge in [-0.15, -0.1) is 0 Å². The molecule has 0 saturated carbocycles. The van der Waals surface area contributed by atoms with Crippen LogP contribution >= 0.6 is 0 Å². The van der Waals surface area contributed by atoms with Gasteiger partial charge < -0.3 is 24.9 Å². The third kappa shape index (κ3) is 7.22. The van der Waals surface area contributed by atoms with Gasteiger partial charge in [0.1, 0.15) is 5.82 Å². The number of fused-ring (bicyclic) bond motifs is 1. The molecular formula is C40H43N5O4. The van der Waals surface area contributed by atoms with Crippen LogP contribution in [0, 0.1) is 0 Å². The second-order valence-corrected chi connectivity index (χ2v) is 13.6. The van der Waals surface area contributed by atoms with E-state index in [1.165, 1.54) is 6.42 Å². The number of ether oxygens (including phenoxy) is 1. The van der Waals surface area contributed by atoms with Crippen molar-refractivity contribution in [3.8, 4) is 22.5 Å². The van der Waals surface area contributed by atoms with Crippen molar-refractivity contribution in [1.29, 1.82) is 0 Å². The molecule has 252 valence electrons. The number of hydrogen-bond donors (Lipinski definition) is 3. The van der Waals surface area contributed by atoms with Crippen LogP contribution in [-0.2, 0) is 25.5 Å². The number of esters is 1. The summed E-state index contributed by atoms with van der Waals surface area (Å²) in [5.41, 5.74) is 6.82. The Hall–Kier alpha value is -5.02. The predicted octanol–water partition coefficient (Wildman–Crippen LogP) is 6.88. The van der Waals surface area contributed by atoms with E-state index in [1.807, 2.05) is 48.7 Å². The highest BCUT2D eigenvalue weighted by Crippen LogP contribution is 2.31. The van der Waals surface area contributed by atoms with E-state index in [9.17, 15) is 14.4 Å². The molecule has 2 aromatic heterocycles. The predicted molar refractivity (Wildman–Crippen MR) is 190 cm³/mol. The number of aromatic nitrogens is 3. The number of amides is 1. The zero-order chi connectivity index (χ0) is 33.9. The fourth-order valence-corrected chi connectivity index (χ4v) is 7.25. The number of rotatable bonds is 11. The van der Waals surface area contributed by atoms with Crippen LogP contribution < -0.4 is 5.32 Å². The van der Waals surface area contributed by atoms with Crippen molar-refractivity contribution in [1.82, 2.24) is 25.2 Å². The highest BCUT2D eigenvalue weighted by molar-refractivity contribution is 5.95. The molecule has 7 rings (SSSR count). The minimum atomic E-state index is -0.698. The van der Waals surface area contributed by atoms with Gasteiger partial charge in [0.15, 0.2) is 5.78 Å². The van der Waals surface area contributed by atoms with Crippen LogP contribution in [0.4, 0.5) is 0 Å². The average molecular weight is 658 g/mol. The van der Waals surface area contributed by atoms with E-state index in [1.54, 1.807) is 18.7 Å². The number of nitrogens with zero attached hydrogens (tertiary/aromatic N) is 2. The zero-order valence-electron chi connectivity index (χ0n) is 28.1. The summed E-state index contributed by atoms with van der Waals surface area (Å²) in [6.07, 6.45) is 5.45. The summed E-state index contributed by atoms with van der Waals surface area (Å²) >= 11 is 0. The molecule has 0 unspecified atom stereocenters. The van der Waals surface area contributed by atoms with E-state index in [0.717, 1.165) is 69.8 Å². The molecule has 9 heteroatoms. The Morgan fingerprint density at radius 2 is 1.67 bits per heavy atom. The molecule has 2 aliphatic heterocycles. The van der Waals surface area contributed by atoms with Gasteiger partial charge in [-0.25, -0.2) is 4.98 Å². The lowest BCUT2D eigenvalue weighted by Crippen LogP contribution is -2.44. The van der Waals surface area contributed by atoms with Gasteiger partial charge in [-0.05, 0) is 86.5 Å². The Kier molecular flexibility index (Phi) is 9.44. The molecular weight excluding hydrogens is 614 g/mol. The Bertz CT molecular complexity index is 1940. The van der Waals surface area contributed by atoms with Crippen LogP contribution in [0.1, 0.15) is 74.9 Å². The number of imidazole rings is 1. The highest BCUT2D eigenvalue weighted by atomic mass is 16.5. The topological polar surface area (TPSA) is 120 Å². The molecule has 9 nitrogen and oxygen atoms in total. The third-order valence-electron chi connectivity index (χ3n) is 9.70. The van der Waals surface area contributed by atoms with Gasteiger partial charge in [0, 0.05) is 29.6 Å². The van der Waals surface area contributed by atoms with Gasteiger partial charge in [0.25, 0.3) is 0 Å². The number of nitrogens with one attached hydrogen (secondary N) is 3. The largest absolute Gasteiger partial charge is 0.463 e. The summed E-state index contributed by atoms with van der Waals surface area (Å²) < 4.78 is 5.39. The molecule has 0 radical (unpaired) electrons. The lowest BCUT2D eigenvalue weighted by molar-refractivity contribution is -0.150. The number of H-pyrrole nitrogens is 2. The van der Waals surface area contributed by atoms with Crippen molar-refractivity contribution >= 4 is 28.6 Å². The second-order valence-electron chi connectivity index (χ2n) is 13.6. The van der Waals surface area contributed by atoms with Gasteiger partial charge >= 0.3 is 5.97 Å². The Morgan fingerprint density at radius 1 is 0.898 bits per heavy atom. The molecule has 4 heterocycles. The summed E-state index contributed by atoms with van der Waals surface area (Å²) in [5, 5.41) is 4.52. The second kappa shape index (κ2) is 14.2. The maximum absolute atomic E-state index is 14.0. The molecule has 3 atom stereocenters. The van der Waals surface area contributed by atoms with Crippen molar-refractivity contribution < 1.29 is 19.1 Å². The first kappa shape index (κ1) is 32.5. The monoisotopic (exact) mass is 657 g/mol. The Labute approximate surface area is 286 Å². The molecule has 3 aromatic carbocycles. The maximum atomic E-state index is 14.0. The molecule has 5 aromatic rings. The molecule has 1 amide bonds. The van der Waals surface area contributed by atoms with Crippen LogP contribution in [0.15, 0.2) is 85.1 Å². The SMILES string of the molecule is CC(C)OC(=O)C[C@@H](C(=O)N1CCC[C@H]1C(=O)Cc1ccc2[nH]c(-c3ccc(-c4cnc([C@@H]5CCCN5)[nH]4)cc3)cc2c1)c1ccccc1. The van der Waals surface area contributed by atoms with Crippen LogP contribution in [0.3, 0.4) is 0 Å². The van der Waals surface area contributed by atoms with Gasteiger partial charge in [0.2, 0.25) is 5.91 Å². The summed E-state index contributed by atoms with van der Waals surface area (Å²) in [5.74, 6) is -0.306. The zero-order valence-corrected chi connectivity index (χ0v) is 28.1. The lowest BCUT2D eigenvalue weighted by atomic mass is 9.93. The molecule has 3 N–H and O–H groups in total. The molecule has 0 bridgehead atoms. The van der Waals surface area contributed by atoms with Crippen molar-refractivity contribution in [2.45, 2.75) is 76.5 Å². The lowest BCUT2D eigenvalue weighted by Gasteiger charge is -2.28. The van der Waals surface area contributed by atoms with Crippen LogP contribution in [0.2, 0.25) is 0 Å². The number of likely N-dealkylation sites (tertiary alicyclic amines) is 1. The van der Waals surface area contributed by atoms with Crippen molar-refractivity contribution in [2.75, 3.05) is 13.1 Å². The summed E-state index contributed by atoms with van der Waals surface area (Å²) in [6, 6.07) is 25.7. The standard InChI is InChI=1S/C40H43N5O4/c1-25(2)49-38(47)23-31(27-8-4-3-5-9-27)40(48)45-19-7-11-36(45)37(46)21-26-12-17-32-30(20-26)22-34(43-32)28-13-15-29(16-14-28)35-24-42-39(44-35)33-10-6-18-41-33/h3-5,8-9,12-17,20,22,24-25,31,33,36,41,43H,6-7,10-11,18-19,21,23H2,1-2H3,(H,42,44)/t31-,33+,36+/m1/s1. The van der Waals surface area contributed by atoms with Crippen LogP contribution in [0.25, 0.3) is 33.4 Å². The van der Waals surface area contributed by atoms with E-state index in [-0.39, 0.29) is 30.6 Å². The smallest absolute Gasteiger partial charge is 0.307 e. The van der Waals surface area contributed by atoms with E-state index in [0.29, 0.717) is 19.0 Å². The minimum absolute atomic E-state index is 0.0128. The highest BCUT2D eigenvalue weighted by Gasteiger charge is 2.38. The summed E-state index contributed by atoms with van der Waals surface area (Å²) in [6.45, 7) is 5.12. The molecule has 2 fully saturated rings. The first-order chi connectivity index (χ1) is 23.8. The number of ketones is 1. The van der Waals surface area contributed by atoms with E-state index < -0.39 is 17.9 Å². The molecule has 0 aliphatic carbocycles. The first-order valence-electron chi connectivity index (χ1n) is 17.4. The summed E-state index contributed by atoms with van der Waals surface area (Å²) in [4.78, 5) is 53.7. The maximum Gasteiger partial charge on any atom is 0.307 e. The normalized spacial score (nSPS) is 18.3. The number of benzene rings is 3. The number of carbonyl (C=O) groups is 3. The number of carbonyl (C=O) groups excluding carboxylic acids is 3. The number of aromatic amines is 2. The summed E-state index contributed by atoms with van der Waals surface area (Å²) in [7, 11) is 0. The Morgan fingerprint density at radius 3 is 2.41 bits per heavy atom. The fraction of sp³-hybridized carbons (Fsp3) is 0.350. The van der Waals surface area contributed by atoms with Crippen molar-refractivity contribution in [3.63, 3.8) is 0 Å².